The molecule has 1 unspecified atom stereocenters. The van der Waals surface area contributed by atoms with E-state index < -0.39 is 13.2 Å². The van der Waals surface area contributed by atoms with Gasteiger partial charge in [-0.15, -0.1) is 0 Å². The van der Waals surface area contributed by atoms with Crippen molar-refractivity contribution >= 4 is 24.7 Å². The summed E-state index contributed by atoms with van der Waals surface area (Å²) in [4.78, 5) is 22.8. The first kappa shape index (κ1) is 27.5. The van der Waals surface area contributed by atoms with Crippen molar-refractivity contribution < 1.29 is 35.2 Å². The van der Waals surface area contributed by atoms with Gasteiger partial charge in [-0.05, 0) is 27.7 Å². The van der Waals surface area contributed by atoms with E-state index in [9.17, 15) is 9.36 Å². The number of aromatic amines is 1. The first-order chi connectivity index (χ1) is 13.8. The molecule has 0 saturated heterocycles. The number of imidazole rings is 1. The van der Waals surface area contributed by atoms with Crippen molar-refractivity contribution in [2.45, 2.75) is 52.6 Å². The van der Waals surface area contributed by atoms with Crippen LogP contribution in [0.3, 0.4) is 0 Å². The van der Waals surface area contributed by atoms with Crippen LogP contribution in [0.4, 0.5) is 5.95 Å². The van der Waals surface area contributed by atoms with Crippen molar-refractivity contribution in [3.63, 3.8) is 0 Å². The maximum absolute atomic E-state index is 13.1. The molecule has 1 atom stereocenters. The number of ether oxygens (including phenoxy) is 1. The number of aromatic nitrogens is 4. The zero-order valence-electron chi connectivity index (χ0n) is 19.2. The van der Waals surface area contributed by atoms with Gasteiger partial charge in [0.05, 0.1) is 46.2 Å². The Kier molecular flexibility index (Phi) is 9.68. The summed E-state index contributed by atoms with van der Waals surface area (Å²) in [5.41, 5.74) is 5.85. The minimum Gasteiger partial charge on any atom is -1.00 e. The summed E-state index contributed by atoms with van der Waals surface area (Å²) in [6.07, 6.45) is 0.423. The van der Waals surface area contributed by atoms with E-state index in [2.05, 4.69) is 15.0 Å². The predicted molar refractivity (Wildman–Crippen MR) is 115 cm³/mol. The molecule has 0 aliphatic carbocycles. The molecule has 3 N–H and O–H groups in total. The molecule has 0 saturated carbocycles. The topological polar surface area (TPSA) is 134 Å². The molecule has 13 heteroatoms. The summed E-state index contributed by atoms with van der Waals surface area (Å²) >= 11 is 0. The maximum Gasteiger partial charge on any atom is 0.356 e. The predicted octanol–water partition coefficient (Wildman–Crippen LogP) is -1.20. The van der Waals surface area contributed by atoms with E-state index in [1.807, 2.05) is 21.1 Å². The number of nitrogens with zero attached hydrogens (tertiary/aromatic N) is 4. The highest BCUT2D eigenvalue weighted by atomic mass is 35.5. The minimum atomic E-state index is -3.45. The van der Waals surface area contributed by atoms with Gasteiger partial charge in [0, 0.05) is 0 Å². The van der Waals surface area contributed by atoms with Crippen LogP contribution in [0, 0.1) is 0 Å². The third-order valence-electron chi connectivity index (χ3n) is 3.86. The van der Waals surface area contributed by atoms with Gasteiger partial charge in [0.25, 0.3) is 5.56 Å². The average molecular weight is 481 g/mol. The Morgan fingerprint density at radius 3 is 2.29 bits per heavy atom. The number of hydrogen-bond acceptors (Lipinski definition) is 8. The summed E-state index contributed by atoms with van der Waals surface area (Å²) < 4.78 is 32.6. The molecule has 2 heterocycles. The van der Waals surface area contributed by atoms with Gasteiger partial charge in [0.15, 0.2) is 11.2 Å². The fraction of sp³-hybridized carbons (Fsp3) is 0.722. The van der Waals surface area contributed by atoms with Gasteiger partial charge < -0.3 is 41.0 Å². The third kappa shape index (κ3) is 8.51. The lowest BCUT2D eigenvalue weighted by Gasteiger charge is -2.31. The van der Waals surface area contributed by atoms with Crippen molar-refractivity contribution in [3.8, 4) is 0 Å². The molecule has 2 rings (SSSR count). The molecule has 0 radical (unpaired) electrons. The molecule has 0 aromatic carbocycles. The average Bonchev–Trinajstić information content (AvgIpc) is 2.93. The van der Waals surface area contributed by atoms with Crippen LogP contribution in [0.2, 0.25) is 0 Å². The highest BCUT2D eigenvalue weighted by Gasteiger charge is 2.31. The highest BCUT2D eigenvalue weighted by Crippen LogP contribution is 2.50. The second-order valence-electron chi connectivity index (χ2n) is 8.83. The first-order valence-corrected chi connectivity index (χ1v) is 11.6. The van der Waals surface area contributed by atoms with Crippen molar-refractivity contribution in [3.05, 3.63) is 16.7 Å². The van der Waals surface area contributed by atoms with Crippen LogP contribution in [0.15, 0.2) is 11.1 Å². The van der Waals surface area contributed by atoms with Gasteiger partial charge in [0.2, 0.25) is 5.95 Å². The molecule has 31 heavy (non-hydrogen) atoms. The number of rotatable bonds is 11. The molecule has 0 aliphatic heterocycles. The molecule has 0 spiro atoms. The van der Waals surface area contributed by atoms with Crippen molar-refractivity contribution in [1.82, 2.24) is 19.5 Å². The monoisotopic (exact) mass is 480 g/mol. The fourth-order valence-corrected chi connectivity index (χ4v) is 4.87. The van der Waals surface area contributed by atoms with Crippen LogP contribution in [-0.4, -0.2) is 76.3 Å². The van der Waals surface area contributed by atoms with E-state index in [4.69, 9.17) is 19.5 Å². The molecular weight excluding hydrogens is 447 g/mol. The number of nitrogen functional groups attached to an aromatic ring is 1. The summed E-state index contributed by atoms with van der Waals surface area (Å²) in [5.74, 6) is 0.0125. The number of hydrogen-bond donors (Lipinski definition) is 2. The molecule has 0 bridgehead atoms. The van der Waals surface area contributed by atoms with Crippen LogP contribution < -0.4 is 23.7 Å². The maximum atomic E-state index is 13.1. The van der Waals surface area contributed by atoms with E-state index in [-0.39, 0.29) is 48.5 Å². The largest absolute Gasteiger partial charge is 1.00 e. The Labute approximate surface area is 188 Å². The Morgan fingerprint density at radius 2 is 1.77 bits per heavy atom. The molecule has 178 valence electrons. The zero-order valence-corrected chi connectivity index (χ0v) is 20.8. The van der Waals surface area contributed by atoms with Crippen LogP contribution >= 0.6 is 7.60 Å². The molecule has 0 aliphatic rings. The normalized spacial score (nSPS) is 13.7. The smallest absolute Gasteiger partial charge is 0.356 e. The first-order valence-electron chi connectivity index (χ1n) is 9.86. The van der Waals surface area contributed by atoms with E-state index >= 15 is 0 Å². The van der Waals surface area contributed by atoms with Gasteiger partial charge in [0.1, 0.15) is 19.0 Å². The number of H-pyrrole nitrogens is 1. The van der Waals surface area contributed by atoms with Gasteiger partial charge in [-0.3, -0.25) is 14.3 Å². The molecule has 2 aromatic rings. The molecule has 11 nitrogen and oxygen atoms in total. The van der Waals surface area contributed by atoms with Crippen LogP contribution in [-0.2, 0) is 24.9 Å². The quantitative estimate of drug-likeness (QED) is 0.302. The van der Waals surface area contributed by atoms with E-state index in [0.29, 0.717) is 23.2 Å². The summed E-state index contributed by atoms with van der Waals surface area (Å²) in [6.45, 7) is 8.12. The number of likely N-dealkylation sites (N-methyl/N-ethyl adjacent to an activating group) is 1. The minimum absolute atomic E-state index is 0. The summed E-state index contributed by atoms with van der Waals surface area (Å²) in [5, 5.41) is 0. The Bertz CT molecular complexity index is 941. The summed E-state index contributed by atoms with van der Waals surface area (Å²) in [6, 6.07) is 0. The second kappa shape index (κ2) is 10.9. The standard InChI is InChI=1S/C18H33N6O5P.ClH/c1-12(2)28-30(26,29-13(3)4)11-27-14(9-24(5,6)7)8-23-10-20-15-16(23)21-18(19)22-17(15)25;/h10,12-14H,8-9,11H2,1-7H3,(H2-,19,21,22,25);1H. The molecule has 0 fully saturated rings. The van der Waals surface area contributed by atoms with Crippen LogP contribution in [0.5, 0.6) is 0 Å². The third-order valence-corrected chi connectivity index (χ3v) is 5.81. The van der Waals surface area contributed by atoms with Gasteiger partial charge in [-0.1, -0.05) is 0 Å². The highest BCUT2D eigenvalue weighted by molar-refractivity contribution is 7.53. The van der Waals surface area contributed by atoms with E-state index in [1.54, 1.807) is 32.3 Å². The number of quaternary nitrogens is 1. The molecular formula is C18H34ClN6O5P. The Balaban J connectivity index is 0.00000480. The second-order valence-corrected chi connectivity index (χ2v) is 10.7. The number of nitrogens with two attached hydrogens (primary N) is 1. The molecule has 2 aromatic heterocycles. The zero-order chi connectivity index (χ0) is 22.7. The van der Waals surface area contributed by atoms with Gasteiger partial charge in [-0.2, -0.15) is 4.98 Å². The SMILES string of the molecule is CC(C)OP(=O)(COC(Cn1cnc2c(=O)[nH]c(N)nc21)C[N+](C)(C)C)OC(C)C.[Cl-]. The number of halogens is 1. The lowest BCUT2D eigenvalue weighted by atomic mass is 10.3. The van der Waals surface area contributed by atoms with Gasteiger partial charge in [-0.25, -0.2) is 4.98 Å². The number of anilines is 1. The van der Waals surface area contributed by atoms with E-state index in [1.165, 1.54) is 6.33 Å². The van der Waals surface area contributed by atoms with Crippen molar-refractivity contribution in [2.24, 2.45) is 0 Å². The fourth-order valence-electron chi connectivity index (χ4n) is 3.02. The van der Waals surface area contributed by atoms with E-state index in [0.717, 1.165) is 0 Å². The number of fused-ring (bicyclic) bond motifs is 1. The lowest BCUT2D eigenvalue weighted by molar-refractivity contribution is -0.873. The lowest BCUT2D eigenvalue weighted by Crippen LogP contribution is -3.00. The Hall–Kier alpha value is -1.49. The summed E-state index contributed by atoms with van der Waals surface area (Å²) in [7, 11) is 2.63. The van der Waals surface area contributed by atoms with Gasteiger partial charge >= 0.3 is 7.60 Å². The number of nitrogens with one attached hydrogen (secondary N) is 1. The van der Waals surface area contributed by atoms with Crippen LogP contribution in [0.25, 0.3) is 11.2 Å². The van der Waals surface area contributed by atoms with Crippen LogP contribution in [0.1, 0.15) is 27.7 Å². The van der Waals surface area contributed by atoms with Crippen molar-refractivity contribution in [1.29, 1.82) is 0 Å². The molecule has 0 amide bonds. The Morgan fingerprint density at radius 1 is 1.19 bits per heavy atom. The van der Waals surface area contributed by atoms with Crippen molar-refractivity contribution in [2.75, 3.05) is 39.8 Å².